The van der Waals surface area contributed by atoms with E-state index in [1.807, 2.05) is 30.3 Å². The zero-order valence-corrected chi connectivity index (χ0v) is 22.7. The minimum Gasteiger partial charge on any atom is -0.487 e. The number of rotatable bonds is 13. The van der Waals surface area contributed by atoms with Gasteiger partial charge in [0.1, 0.15) is 17.1 Å². The fourth-order valence-electron chi connectivity index (χ4n) is 4.52. The molecule has 2 atom stereocenters. The normalized spacial score (nSPS) is 17.5. The van der Waals surface area contributed by atoms with Crippen molar-refractivity contribution < 1.29 is 33.2 Å². The highest BCUT2D eigenvalue weighted by Crippen LogP contribution is 2.34. The number of nitrogens with one attached hydrogen (secondary N) is 1. The summed E-state index contributed by atoms with van der Waals surface area (Å²) in [5.41, 5.74) is 2.52. The minimum atomic E-state index is -3.31. The van der Waals surface area contributed by atoms with E-state index in [0.29, 0.717) is 23.4 Å². The van der Waals surface area contributed by atoms with Gasteiger partial charge in [-0.05, 0) is 43.0 Å². The number of ether oxygens (including phenoxy) is 3. The molecule has 2 unspecified atom stereocenters. The van der Waals surface area contributed by atoms with Crippen LogP contribution < -0.4 is 10.1 Å². The Balaban J connectivity index is 1.28. The van der Waals surface area contributed by atoms with Gasteiger partial charge >= 0.3 is 0 Å². The first-order chi connectivity index (χ1) is 19.7. The molecule has 13 heteroatoms. The van der Waals surface area contributed by atoms with Gasteiger partial charge in [-0.2, -0.15) is 20.1 Å². The third-order valence-electron chi connectivity index (χ3n) is 6.67. The van der Waals surface area contributed by atoms with Crippen LogP contribution in [-0.2, 0) is 22.6 Å². The molecule has 2 aromatic heterocycles. The summed E-state index contributed by atoms with van der Waals surface area (Å²) < 4.78 is 48.1. The molecule has 1 aliphatic heterocycles. The first-order valence-electron chi connectivity index (χ1n) is 13.5. The molecule has 0 radical (unpaired) electrons. The van der Waals surface area contributed by atoms with Crippen molar-refractivity contribution in [3.8, 4) is 17.1 Å². The molecule has 0 spiro atoms. The lowest BCUT2D eigenvalue weighted by Gasteiger charge is -2.27. The van der Waals surface area contributed by atoms with E-state index in [-0.39, 0.29) is 31.7 Å². The molecule has 5 rings (SSSR count). The van der Waals surface area contributed by atoms with Crippen LogP contribution >= 0.6 is 0 Å². The maximum Gasteiger partial charge on any atom is 0.293 e. The molecule has 41 heavy (non-hydrogen) atoms. The summed E-state index contributed by atoms with van der Waals surface area (Å²) in [5, 5.41) is 35.9. The average molecular weight is 573 g/mol. The summed E-state index contributed by atoms with van der Waals surface area (Å²) in [6, 6.07) is 14.1. The molecule has 0 saturated carbocycles. The predicted octanol–water partition coefficient (Wildman–Crippen LogP) is 3.47. The van der Waals surface area contributed by atoms with Crippen molar-refractivity contribution in [3.05, 3.63) is 60.3 Å². The topological polar surface area (TPSA) is 129 Å². The van der Waals surface area contributed by atoms with E-state index in [2.05, 4.69) is 15.5 Å². The highest BCUT2D eigenvalue weighted by Gasteiger charge is 2.34. The van der Waals surface area contributed by atoms with Crippen molar-refractivity contribution >= 4 is 10.9 Å². The fourth-order valence-corrected chi connectivity index (χ4v) is 4.52. The molecule has 0 bridgehead atoms. The number of hydrogen-bond donors (Lipinski definition) is 3. The smallest absolute Gasteiger partial charge is 0.293 e. The van der Waals surface area contributed by atoms with Crippen LogP contribution in [0.3, 0.4) is 0 Å². The zero-order chi connectivity index (χ0) is 28.9. The predicted molar refractivity (Wildman–Crippen MR) is 145 cm³/mol. The summed E-state index contributed by atoms with van der Waals surface area (Å²) in [4.78, 5) is 1.36. The second-order valence-electron chi connectivity index (χ2n) is 10.1. The molecule has 3 heterocycles. The van der Waals surface area contributed by atoms with Gasteiger partial charge in [0.25, 0.3) is 5.92 Å². The van der Waals surface area contributed by atoms with Crippen LogP contribution in [-0.4, -0.2) is 73.2 Å². The lowest BCUT2D eigenvalue weighted by Crippen LogP contribution is -2.51. The van der Waals surface area contributed by atoms with Crippen molar-refractivity contribution in [1.29, 1.82) is 0 Å². The number of nitrogens with zero attached hydrogens (tertiary/aromatic N) is 5. The maximum absolute atomic E-state index is 14.8. The number of aliphatic hydroxyl groups excluding tert-OH is 1. The van der Waals surface area contributed by atoms with Crippen molar-refractivity contribution in [2.24, 2.45) is 0 Å². The van der Waals surface area contributed by atoms with E-state index in [1.165, 1.54) is 11.7 Å². The lowest BCUT2D eigenvalue weighted by molar-refractivity contribution is -0.226. The second kappa shape index (κ2) is 12.6. The van der Waals surface area contributed by atoms with E-state index >= 15 is 0 Å². The van der Waals surface area contributed by atoms with Crippen molar-refractivity contribution in [2.45, 2.75) is 57.4 Å². The third-order valence-corrected chi connectivity index (χ3v) is 6.67. The second-order valence-corrected chi connectivity index (χ2v) is 10.1. The Labute approximate surface area is 235 Å². The maximum atomic E-state index is 14.8. The largest absolute Gasteiger partial charge is 0.487 e. The minimum absolute atomic E-state index is 0.0542. The van der Waals surface area contributed by atoms with Gasteiger partial charge in [-0.25, -0.2) is 13.5 Å². The molecule has 2 aromatic carbocycles. The van der Waals surface area contributed by atoms with Gasteiger partial charge in [0.2, 0.25) is 5.91 Å². The Morgan fingerprint density at radius 2 is 1.98 bits per heavy atom. The highest BCUT2D eigenvalue weighted by molar-refractivity contribution is 5.93. The first kappa shape index (κ1) is 29.0. The number of halogens is 2. The number of aromatic nitrogens is 5. The quantitative estimate of drug-likeness (QED) is 0.206. The van der Waals surface area contributed by atoms with E-state index in [1.54, 1.807) is 29.1 Å². The Morgan fingerprint density at radius 1 is 1.15 bits per heavy atom. The molecule has 1 saturated heterocycles. The van der Waals surface area contributed by atoms with Gasteiger partial charge in [0.15, 0.2) is 12.8 Å². The number of hydrogen-bond acceptors (Lipinski definition) is 9. The first-order valence-corrected chi connectivity index (χ1v) is 13.5. The summed E-state index contributed by atoms with van der Waals surface area (Å²) in [5.74, 6) is -5.06. The van der Waals surface area contributed by atoms with Crippen LogP contribution in [0.5, 0.6) is 5.75 Å². The number of aliphatic hydroxyl groups is 2. The summed E-state index contributed by atoms with van der Waals surface area (Å²) in [6.07, 6.45) is 4.06. The van der Waals surface area contributed by atoms with Crippen molar-refractivity contribution in [1.82, 2.24) is 30.1 Å². The molecule has 0 amide bonds. The molecule has 1 fully saturated rings. The van der Waals surface area contributed by atoms with E-state index in [0.717, 1.165) is 30.3 Å². The lowest BCUT2D eigenvalue weighted by atomic mass is 10.1. The van der Waals surface area contributed by atoms with Crippen LogP contribution in [0, 0.1) is 0 Å². The molecule has 220 valence electrons. The van der Waals surface area contributed by atoms with Gasteiger partial charge in [-0.15, -0.1) is 0 Å². The monoisotopic (exact) mass is 572 g/mol. The van der Waals surface area contributed by atoms with Crippen molar-refractivity contribution in [3.63, 3.8) is 0 Å². The van der Waals surface area contributed by atoms with E-state index in [9.17, 15) is 19.0 Å². The molecule has 11 nitrogen and oxygen atoms in total. The molecular weight excluding hydrogens is 538 g/mol. The standard InChI is InChI=1S/C28H34F2N6O5/c1-27(38,41-17-20-7-3-2-4-8-20)31-18-28(29,30)19-40-21-10-11-24-22(15-21)26(23-16-32-35(33-23)12-13-37)34-36(24)25-9-5-6-14-39-25/h2-4,7-8,10-11,15-16,25,31,37-38H,5-6,9,12-14,17-19H2,1H3. The van der Waals surface area contributed by atoms with E-state index in [4.69, 9.17) is 19.3 Å². The van der Waals surface area contributed by atoms with Gasteiger partial charge in [0, 0.05) is 18.9 Å². The van der Waals surface area contributed by atoms with Crippen LogP contribution in [0.4, 0.5) is 8.78 Å². The average Bonchev–Trinajstić information content (AvgIpc) is 3.60. The Morgan fingerprint density at radius 3 is 2.73 bits per heavy atom. The van der Waals surface area contributed by atoms with Gasteiger partial charge in [0.05, 0.1) is 38.0 Å². The summed E-state index contributed by atoms with van der Waals surface area (Å²) >= 11 is 0. The van der Waals surface area contributed by atoms with E-state index < -0.39 is 25.0 Å². The molecule has 4 aromatic rings. The van der Waals surface area contributed by atoms with Gasteiger partial charge < -0.3 is 24.4 Å². The zero-order valence-electron chi connectivity index (χ0n) is 22.7. The molecular formula is C28H34F2N6O5. The van der Waals surface area contributed by atoms with Gasteiger partial charge in [-0.1, -0.05) is 30.3 Å². The van der Waals surface area contributed by atoms with Crippen LogP contribution in [0.25, 0.3) is 22.3 Å². The van der Waals surface area contributed by atoms with Crippen molar-refractivity contribution in [2.75, 3.05) is 26.4 Å². The number of alkyl halides is 2. The highest BCUT2D eigenvalue weighted by atomic mass is 19.3. The number of benzene rings is 2. The Kier molecular flexibility index (Phi) is 8.90. The Hall–Kier alpha value is -3.49. The molecule has 3 N–H and O–H groups in total. The van der Waals surface area contributed by atoms with Crippen LogP contribution in [0.2, 0.25) is 0 Å². The SMILES string of the molecule is CC(O)(NCC(F)(F)COc1ccc2c(c1)c(-c1cnn(CCO)n1)nn2C1CCCCO1)OCc1ccccc1. The fraction of sp³-hybridized carbons (Fsp3) is 0.464. The number of fused-ring (bicyclic) bond motifs is 1. The Bertz CT molecular complexity index is 1420. The van der Waals surface area contributed by atoms with Crippen LogP contribution in [0.15, 0.2) is 54.7 Å². The van der Waals surface area contributed by atoms with Crippen LogP contribution in [0.1, 0.15) is 38.0 Å². The molecule has 0 aliphatic carbocycles. The third kappa shape index (κ3) is 7.43. The molecule has 1 aliphatic rings. The van der Waals surface area contributed by atoms with Gasteiger partial charge in [-0.3, -0.25) is 5.32 Å². The summed E-state index contributed by atoms with van der Waals surface area (Å²) in [7, 11) is 0. The summed E-state index contributed by atoms with van der Waals surface area (Å²) in [6.45, 7) is 0.268.